The lowest BCUT2D eigenvalue weighted by atomic mass is 10.1. The van der Waals surface area contributed by atoms with Crippen molar-refractivity contribution in [1.29, 1.82) is 0 Å². The number of nitrogens with zero attached hydrogens (tertiary/aromatic N) is 1. The highest BCUT2D eigenvalue weighted by molar-refractivity contribution is 7.89. The number of sulfonamides is 1. The van der Waals surface area contributed by atoms with Gasteiger partial charge in [-0.2, -0.15) is 0 Å². The molecule has 1 rings (SSSR count). The summed E-state index contributed by atoms with van der Waals surface area (Å²) in [6.07, 6.45) is 1.93. The second kappa shape index (κ2) is 3.97. The Morgan fingerprint density at radius 3 is 2.53 bits per heavy atom. The molecule has 15 heavy (non-hydrogen) atoms. The first-order valence-corrected chi connectivity index (χ1v) is 6.42. The maximum Gasteiger partial charge on any atom is 0.212 e. The molecule has 0 radical (unpaired) electrons. The predicted molar refractivity (Wildman–Crippen MR) is 57.1 cm³/mol. The number of hydrogen-bond donors (Lipinski definition) is 3. The molecule has 1 aliphatic carbocycles. The van der Waals surface area contributed by atoms with E-state index in [2.05, 4.69) is 9.88 Å². The van der Waals surface area contributed by atoms with E-state index in [1.807, 2.05) is 0 Å². The van der Waals surface area contributed by atoms with Crippen LogP contribution in [0.3, 0.4) is 0 Å². The minimum absolute atomic E-state index is 0.120. The lowest BCUT2D eigenvalue weighted by molar-refractivity contribution is 0.312. The minimum Gasteiger partial charge on any atom is -0.409 e. The smallest absolute Gasteiger partial charge is 0.212 e. The van der Waals surface area contributed by atoms with E-state index in [1.165, 1.54) is 0 Å². The number of oxime groups is 1. The summed E-state index contributed by atoms with van der Waals surface area (Å²) < 4.78 is 25.6. The molecular weight excluding hydrogens is 218 g/mol. The summed E-state index contributed by atoms with van der Waals surface area (Å²) in [7, 11) is -3.35. The van der Waals surface area contributed by atoms with Crippen molar-refractivity contribution in [1.82, 2.24) is 4.72 Å². The van der Waals surface area contributed by atoms with Crippen LogP contribution in [0.2, 0.25) is 0 Å². The van der Waals surface area contributed by atoms with Crippen LogP contribution < -0.4 is 10.5 Å². The fourth-order valence-corrected chi connectivity index (χ4v) is 3.12. The van der Waals surface area contributed by atoms with E-state index in [-0.39, 0.29) is 17.5 Å². The Hall–Kier alpha value is -0.820. The van der Waals surface area contributed by atoms with Gasteiger partial charge in [0.2, 0.25) is 10.0 Å². The first kappa shape index (κ1) is 12.3. The van der Waals surface area contributed by atoms with Crippen molar-refractivity contribution in [2.75, 3.05) is 5.75 Å². The van der Waals surface area contributed by atoms with Gasteiger partial charge < -0.3 is 10.9 Å². The zero-order chi connectivity index (χ0) is 11.7. The molecule has 0 atom stereocenters. The van der Waals surface area contributed by atoms with Crippen molar-refractivity contribution in [3.8, 4) is 0 Å². The SMILES string of the molecule is CC(C)(NS(=O)(=O)CC1CC1)C(N)=NO. The predicted octanol–water partition coefficient (Wildman–Crippen LogP) is -0.159. The van der Waals surface area contributed by atoms with Crippen LogP contribution >= 0.6 is 0 Å². The Kier molecular flexibility index (Phi) is 3.25. The minimum atomic E-state index is -3.35. The summed E-state index contributed by atoms with van der Waals surface area (Å²) >= 11 is 0. The van der Waals surface area contributed by atoms with Crippen molar-refractivity contribution in [3.05, 3.63) is 0 Å². The molecule has 0 aromatic carbocycles. The van der Waals surface area contributed by atoms with Crippen LogP contribution in [0.25, 0.3) is 0 Å². The monoisotopic (exact) mass is 235 g/mol. The van der Waals surface area contributed by atoms with Gasteiger partial charge in [-0.05, 0) is 32.6 Å². The molecule has 88 valence electrons. The van der Waals surface area contributed by atoms with Gasteiger partial charge in [0.15, 0.2) is 5.84 Å². The lowest BCUT2D eigenvalue weighted by Crippen LogP contribution is -2.53. The van der Waals surface area contributed by atoms with Crippen LogP contribution in [-0.2, 0) is 10.0 Å². The Balaban J connectivity index is 2.66. The number of hydrogen-bond acceptors (Lipinski definition) is 4. The molecule has 1 aliphatic rings. The number of rotatable bonds is 5. The molecule has 0 aromatic heterocycles. The molecule has 6 nitrogen and oxygen atoms in total. The average molecular weight is 235 g/mol. The summed E-state index contributed by atoms with van der Waals surface area (Å²) in [5.41, 5.74) is 4.32. The van der Waals surface area contributed by atoms with Gasteiger partial charge in [-0.3, -0.25) is 0 Å². The standard InChI is InChI=1S/C8H17N3O3S/c1-8(2,7(9)10-12)11-15(13,14)5-6-3-4-6/h6,11-12H,3-5H2,1-2H3,(H2,9,10). The van der Waals surface area contributed by atoms with Crippen LogP contribution in [0.5, 0.6) is 0 Å². The summed E-state index contributed by atoms with van der Waals surface area (Å²) in [6, 6.07) is 0. The maximum atomic E-state index is 11.6. The molecule has 0 amide bonds. The van der Waals surface area contributed by atoms with E-state index in [0.717, 1.165) is 12.8 Å². The summed E-state index contributed by atoms with van der Waals surface area (Å²) in [5.74, 6) is 0.238. The summed E-state index contributed by atoms with van der Waals surface area (Å²) in [4.78, 5) is 0. The van der Waals surface area contributed by atoms with Gasteiger partial charge in [0, 0.05) is 0 Å². The largest absolute Gasteiger partial charge is 0.409 e. The second-order valence-corrected chi connectivity index (χ2v) is 6.20. The average Bonchev–Trinajstić information content (AvgIpc) is 2.83. The van der Waals surface area contributed by atoms with E-state index in [9.17, 15) is 8.42 Å². The zero-order valence-corrected chi connectivity index (χ0v) is 9.71. The van der Waals surface area contributed by atoms with Gasteiger partial charge in [-0.15, -0.1) is 0 Å². The van der Waals surface area contributed by atoms with E-state index in [1.54, 1.807) is 13.8 Å². The van der Waals surface area contributed by atoms with Gasteiger partial charge in [0.1, 0.15) is 0 Å². The number of nitrogens with one attached hydrogen (secondary N) is 1. The van der Waals surface area contributed by atoms with Crippen molar-refractivity contribution in [2.45, 2.75) is 32.2 Å². The maximum absolute atomic E-state index is 11.6. The highest BCUT2D eigenvalue weighted by atomic mass is 32.2. The van der Waals surface area contributed by atoms with Crippen LogP contribution in [0.1, 0.15) is 26.7 Å². The second-order valence-electron chi connectivity index (χ2n) is 4.44. The molecule has 1 saturated carbocycles. The van der Waals surface area contributed by atoms with Crippen LogP contribution in [-0.4, -0.2) is 30.8 Å². The van der Waals surface area contributed by atoms with E-state index < -0.39 is 15.6 Å². The van der Waals surface area contributed by atoms with Crippen LogP contribution in [0, 0.1) is 5.92 Å². The fraction of sp³-hybridized carbons (Fsp3) is 0.875. The molecule has 1 fully saturated rings. The van der Waals surface area contributed by atoms with Gasteiger partial charge >= 0.3 is 0 Å². The Morgan fingerprint density at radius 2 is 2.13 bits per heavy atom. The molecule has 7 heteroatoms. The van der Waals surface area contributed by atoms with Crippen molar-refractivity contribution in [2.24, 2.45) is 16.8 Å². The molecule has 4 N–H and O–H groups in total. The molecule has 0 saturated heterocycles. The topological polar surface area (TPSA) is 105 Å². The van der Waals surface area contributed by atoms with Gasteiger partial charge in [-0.1, -0.05) is 5.16 Å². The first-order valence-electron chi connectivity index (χ1n) is 4.76. The summed E-state index contributed by atoms with van der Waals surface area (Å²) in [6.45, 7) is 3.10. The third kappa shape index (κ3) is 3.67. The van der Waals surface area contributed by atoms with Crippen molar-refractivity contribution in [3.63, 3.8) is 0 Å². The molecule has 0 heterocycles. The number of nitrogens with two attached hydrogens (primary N) is 1. The lowest BCUT2D eigenvalue weighted by Gasteiger charge is -2.24. The fourth-order valence-electron chi connectivity index (χ4n) is 1.20. The van der Waals surface area contributed by atoms with Gasteiger partial charge in [0.25, 0.3) is 0 Å². The van der Waals surface area contributed by atoms with Crippen molar-refractivity contribution >= 4 is 15.9 Å². The third-order valence-electron chi connectivity index (χ3n) is 2.31. The van der Waals surface area contributed by atoms with E-state index in [0.29, 0.717) is 0 Å². The third-order valence-corrected chi connectivity index (χ3v) is 4.04. The van der Waals surface area contributed by atoms with Gasteiger partial charge in [0.05, 0.1) is 11.3 Å². The zero-order valence-electron chi connectivity index (χ0n) is 8.90. The molecule has 0 spiro atoms. The quantitative estimate of drug-likeness (QED) is 0.266. The van der Waals surface area contributed by atoms with Crippen LogP contribution in [0.4, 0.5) is 0 Å². The normalized spacial score (nSPS) is 19.2. The highest BCUT2D eigenvalue weighted by Gasteiger charge is 2.33. The van der Waals surface area contributed by atoms with E-state index >= 15 is 0 Å². The number of amidine groups is 1. The Labute approximate surface area is 89.6 Å². The molecule has 0 bridgehead atoms. The first-order chi connectivity index (χ1) is 6.77. The Bertz CT molecular complexity index is 357. The van der Waals surface area contributed by atoms with Crippen molar-refractivity contribution < 1.29 is 13.6 Å². The Morgan fingerprint density at radius 1 is 1.60 bits per heavy atom. The summed E-state index contributed by atoms with van der Waals surface area (Å²) in [5, 5.41) is 11.3. The molecule has 0 unspecified atom stereocenters. The highest BCUT2D eigenvalue weighted by Crippen LogP contribution is 2.30. The van der Waals surface area contributed by atoms with E-state index in [4.69, 9.17) is 10.9 Å². The van der Waals surface area contributed by atoms with Crippen LogP contribution in [0.15, 0.2) is 5.16 Å². The van der Waals surface area contributed by atoms with Gasteiger partial charge in [-0.25, -0.2) is 13.1 Å². The molecule has 0 aliphatic heterocycles. The molecular formula is C8H17N3O3S. The molecule has 0 aromatic rings.